The number of rotatable bonds is 5. The zero-order valence-corrected chi connectivity index (χ0v) is 13.6. The average molecular weight is 351 g/mol. The van der Waals surface area contributed by atoms with E-state index in [0.29, 0.717) is 17.1 Å². The van der Waals surface area contributed by atoms with E-state index in [1.807, 2.05) is 0 Å². The van der Waals surface area contributed by atoms with Gasteiger partial charge in [-0.15, -0.1) is 10.2 Å². The summed E-state index contributed by atoms with van der Waals surface area (Å²) < 4.78 is 38.1. The van der Waals surface area contributed by atoms with Gasteiger partial charge in [-0.25, -0.2) is 4.68 Å². The van der Waals surface area contributed by atoms with Gasteiger partial charge in [-0.3, -0.25) is 4.79 Å². The van der Waals surface area contributed by atoms with Crippen molar-refractivity contribution in [1.29, 1.82) is 0 Å². The molecule has 0 saturated heterocycles. The molecule has 1 atom stereocenters. The summed E-state index contributed by atoms with van der Waals surface area (Å²) in [6.45, 7) is 2.20. The Labute approximate surface area is 136 Å². The van der Waals surface area contributed by atoms with Gasteiger partial charge in [0.15, 0.2) is 0 Å². The highest BCUT2D eigenvalue weighted by atomic mass is 32.2. The number of halogens is 3. The summed E-state index contributed by atoms with van der Waals surface area (Å²) in [7, 11) is 0. The molecule has 1 aromatic heterocycles. The van der Waals surface area contributed by atoms with Gasteiger partial charge >= 0.3 is 6.18 Å². The predicted molar refractivity (Wildman–Crippen MR) is 80.1 cm³/mol. The highest BCUT2D eigenvalue weighted by molar-refractivity contribution is 8.00. The van der Waals surface area contributed by atoms with Crippen molar-refractivity contribution >= 4 is 17.7 Å². The van der Waals surface area contributed by atoms with Crippen LogP contribution >= 0.6 is 11.8 Å². The Morgan fingerprint density at radius 1 is 1.39 bits per heavy atom. The van der Waals surface area contributed by atoms with Crippen molar-refractivity contribution in [2.24, 2.45) is 5.92 Å². The predicted octanol–water partition coefficient (Wildman–Crippen LogP) is 2.19. The normalized spacial score (nSPS) is 17.9. The number of nitrogen functional groups attached to an aromatic ring is 1. The number of amides is 1. The first-order valence-corrected chi connectivity index (χ1v) is 8.39. The van der Waals surface area contributed by atoms with Gasteiger partial charge in [-0.1, -0.05) is 31.0 Å². The zero-order chi connectivity index (χ0) is 17.0. The summed E-state index contributed by atoms with van der Waals surface area (Å²) in [6.07, 6.45) is 1.14. The monoisotopic (exact) mass is 351 g/mol. The van der Waals surface area contributed by atoms with E-state index in [-0.39, 0.29) is 11.1 Å². The molecule has 1 aromatic rings. The van der Waals surface area contributed by atoms with Crippen LogP contribution in [-0.4, -0.2) is 32.6 Å². The van der Waals surface area contributed by atoms with Crippen LogP contribution in [0.15, 0.2) is 5.16 Å². The number of nitrogens with zero attached hydrogens (tertiary/aromatic N) is 3. The van der Waals surface area contributed by atoms with Crippen LogP contribution in [0.4, 0.5) is 13.2 Å². The van der Waals surface area contributed by atoms with Crippen LogP contribution in [0.3, 0.4) is 0 Å². The summed E-state index contributed by atoms with van der Waals surface area (Å²) >= 11 is 0.854. The molecule has 0 aromatic carbocycles. The van der Waals surface area contributed by atoms with Crippen molar-refractivity contribution in [2.75, 3.05) is 12.4 Å². The van der Waals surface area contributed by atoms with Gasteiger partial charge in [-0.05, 0) is 25.7 Å². The molecule has 3 N–H and O–H groups in total. The van der Waals surface area contributed by atoms with Gasteiger partial charge in [0.2, 0.25) is 11.1 Å². The highest BCUT2D eigenvalue weighted by Gasteiger charge is 2.38. The molecule has 1 heterocycles. The largest absolute Gasteiger partial charge is 0.453 e. The zero-order valence-electron chi connectivity index (χ0n) is 12.8. The van der Waals surface area contributed by atoms with Crippen molar-refractivity contribution in [3.63, 3.8) is 0 Å². The molecule has 1 aliphatic rings. The highest BCUT2D eigenvalue weighted by Crippen LogP contribution is 2.30. The number of hydrogen-bond acceptors (Lipinski definition) is 5. The lowest BCUT2D eigenvalue weighted by atomic mass is 9.89. The minimum Gasteiger partial charge on any atom is -0.355 e. The summed E-state index contributed by atoms with van der Waals surface area (Å²) in [5.41, 5.74) is 0. The third-order valence-corrected chi connectivity index (χ3v) is 4.92. The first-order chi connectivity index (χ1) is 10.8. The molecule has 1 aliphatic carbocycles. The van der Waals surface area contributed by atoms with Crippen LogP contribution in [0, 0.1) is 5.92 Å². The van der Waals surface area contributed by atoms with Crippen molar-refractivity contribution in [3.05, 3.63) is 5.82 Å². The third kappa shape index (κ3) is 4.76. The number of carbonyl (C=O) groups excluding carboxylic acids is 1. The Bertz CT molecular complexity index is 542. The second-order valence-electron chi connectivity index (χ2n) is 5.68. The maximum Gasteiger partial charge on any atom is 0.453 e. The standard InChI is InChI=1S/C13H20F3N5OS/c1-8(10(22)18-7-9-5-3-2-4-6-9)23-12-20-19-11(21(12)17)13(14,15)16/h8-9H,2-7,17H2,1H3,(H,18,22). The van der Waals surface area contributed by atoms with Gasteiger partial charge in [0.1, 0.15) is 0 Å². The second kappa shape index (κ2) is 7.41. The van der Waals surface area contributed by atoms with Crippen LogP contribution < -0.4 is 11.2 Å². The summed E-state index contributed by atoms with van der Waals surface area (Å²) in [6, 6.07) is 0. The first-order valence-electron chi connectivity index (χ1n) is 7.51. The Balaban J connectivity index is 1.87. The molecule has 0 aliphatic heterocycles. The minimum absolute atomic E-state index is 0.141. The molecule has 130 valence electrons. The van der Waals surface area contributed by atoms with Crippen LogP contribution in [0.2, 0.25) is 0 Å². The quantitative estimate of drug-likeness (QED) is 0.627. The van der Waals surface area contributed by atoms with Crippen LogP contribution in [-0.2, 0) is 11.0 Å². The number of alkyl halides is 3. The number of nitrogens with two attached hydrogens (primary N) is 1. The van der Waals surface area contributed by atoms with Crippen molar-refractivity contribution in [1.82, 2.24) is 20.2 Å². The van der Waals surface area contributed by atoms with E-state index in [1.165, 1.54) is 19.3 Å². The fourth-order valence-electron chi connectivity index (χ4n) is 2.54. The van der Waals surface area contributed by atoms with Gasteiger partial charge in [0, 0.05) is 6.54 Å². The van der Waals surface area contributed by atoms with Gasteiger partial charge in [0.05, 0.1) is 5.25 Å². The molecule has 0 spiro atoms. The van der Waals surface area contributed by atoms with E-state index in [9.17, 15) is 18.0 Å². The molecule has 1 saturated carbocycles. The smallest absolute Gasteiger partial charge is 0.355 e. The molecule has 1 unspecified atom stereocenters. The molecular weight excluding hydrogens is 331 g/mol. The minimum atomic E-state index is -4.67. The van der Waals surface area contributed by atoms with Crippen LogP contribution in [0.1, 0.15) is 44.9 Å². The third-order valence-electron chi connectivity index (χ3n) is 3.86. The van der Waals surface area contributed by atoms with Crippen LogP contribution in [0.5, 0.6) is 0 Å². The van der Waals surface area contributed by atoms with Crippen LogP contribution in [0.25, 0.3) is 0 Å². The molecular formula is C13H20F3N5OS. The van der Waals surface area contributed by atoms with E-state index >= 15 is 0 Å². The Morgan fingerprint density at radius 2 is 2.04 bits per heavy atom. The van der Waals surface area contributed by atoms with Crippen molar-refractivity contribution in [3.8, 4) is 0 Å². The first kappa shape index (κ1) is 17.9. The molecule has 1 amide bonds. The lowest BCUT2D eigenvalue weighted by molar-refractivity contribution is -0.146. The molecule has 23 heavy (non-hydrogen) atoms. The fraction of sp³-hybridized carbons (Fsp3) is 0.769. The van der Waals surface area contributed by atoms with E-state index in [1.54, 1.807) is 6.92 Å². The lowest BCUT2D eigenvalue weighted by Crippen LogP contribution is -2.35. The Kier molecular flexibility index (Phi) is 5.77. The summed E-state index contributed by atoms with van der Waals surface area (Å²) in [5, 5.41) is 8.54. The number of hydrogen-bond donors (Lipinski definition) is 2. The van der Waals surface area contributed by atoms with E-state index in [2.05, 4.69) is 15.5 Å². The average Bonchev–Trinajstić information content (AvgIpc) is 2.87. The van der Waals surface area contributed by atoms with Gasteiger partial charge < -0.3 is 11.2 Å². The Morgan fingerprint density at radius 3 is 2.61 bits per heavy atom. The molecule has 6 nitrogen and oxygen atoms in total. The maximum atomic E-state index is 12.6. The number of thioether (sulfide) groups is 1. The van der Waals surface area contributed by atoms with E-state index in [0.717, 1.165) is 24.6 Å². The lowest BCUT2D eigenvalue weighted by Gasteiger charge is -2.22. The molecule has 1 fully saturated rings. The maximum absolute atomic E-state index is 12.6. The summed E-state index contributed by atoms with van der Waals surface area (Å²) in [4.78, 5) is 12.1. The molecule has 0 bridgehead atoms. The van der Waals surface area contributed by atoms with Gasteiger partial charge in [0.25, 0.3) is 5.82 Å². The molecule has 10 heteroatoms. The van der Waals surface area contributed by atoms with E-state index < -0.39 is 17.3 Å². The second-order valence-corrected chi connectivity index (χ2v) is 6.99. The molecule has 2 rings (SSSR count). The molecule has 0 radical (unpaired) electrons. The van der Waals surface area contributed by atoms with Crippen molar-refractivity contribution < 1.29 is 18.0 Å². The van der Waals surface area contributed by atoms with E-state index in [4.69, 9.17) is 5.84 Å². The number of nitrogens with one attached hydrogen (secondary N) is 1. The Hall–Kier alpha value is -1.45. The topological polar surface area (TPSA) is 85.8 Å². The fourth-order valence-corrected chi connectivity index (χ4v) is 3.34. The SMILES string of the molecule is CC(Sc1nnc(C(F)(F)F)n1N)C(=O)NCC1CCCCC1. The van der Waals surface area contributed by atoms with Crippen molar-refractivity contribution in [2.45, 2.75) is 55.6 Å². The number of aromatic nitrogens is 3. The van der Waals surface area contributed by atoms with Gasteiger partial charge in [-0.2, -0.15) is 13.2 Å². The summed E-state index contributed by atoms with van der Waals surface area (Å²) in [5.74, 6) is 4.31. The number of carbonyl (C=O) groups is 1.